The van der Waals surface area contributed by atoms with E-state index in [-0.39, 0.29) is 22.7 Å². The van der Waals surface area contributed by atoms with E-state index in [1.807, 2.05) is 20.8 Å². The van der Waals surface area contributed by atoms with Crippen LogP contribution in [0.2, 0.25) is 0 Å². The van der Waals surface area contributed by atoms with Gasteiger partial charge in [0.1, 0.15) is 6.04 Å². The molecule has 0 spiro atoms. The number of thioether (sulfide) groups is 1. The maximum atomic E-state index is 11.4. The third-order valence-electron chi connectivity index (χ3n) is 1.73. The minimum atomic E-state index is -0.303. The van der Waals surface area contributed by atoms with Crippen molar-refractivity contribution in [3.05, 3.63) is 0 Å². The highest BCUT2D eigenvalue weighted by Crippen LogP contribution is 2.19. The van der Waals surface area contributed by atoms with Gasteiger partial charge in [-0.25, -0.2) is 4.79 Å². The highest BCUT2D eigenvalue weighted by molar-refractivity contribution is 8.14. The first kappa shape index (κ1) is 11.4. The van der Waals surface area contributed by atoms with Crippen molar-refractivity contribution in [1.82, 2.24) is 10.6 Å². The van der Waals surface area contributed by atoms with E-state index < -0.39 is 0 Å². The van der Waals surface area contributed by atoms with Crippen molar-refractivity contribution in [1.29, 1.82) is 0 Å². The molecule has 4 nitrogen and oxygen atoms in total. The smallest absolute Gasteiger partial charge is 0.315 e. The number of carbonyl (C=O) groups excluding carboxylic acids is 2. The molecule has 1 saturated heterocycles. The Morgan fingerprint density at radius 2 is 2.14 bits per heavy atom. The molecule has 2 amide bonds. The van der Waals surface area contributed by atoms with Gasteiger partial charge in [0.15, 0.2) is 0 Å². The van der Waals surface area contributed by atoms with Gasteiger partial charge in [-0.1, -0.05) is 11.8 Å². The summed E-state index contributed by atoms with van der Waals surface area (Å²) in [6.07, 6.45) is 0.737. The summed E-state index contributed by atoms with van der Waals surface area (Å²) >= 11 is 1.28. The van der Waals surface area contributed by atoms with Crippen molar-refractivity contribution in [2.24, 2.45) is 0 Å². The fourth-order valence-electron chi connectivity index (χ4n) is 1.16. The normalized spacial score (nSPS) is 22.2. The van der Waals surface area contributed by atoms with Crippen LogP contribution in [0, 0.1) is 0 Å². The first-order chi connectivity index (χ1) is 6.38. The van der Waals surface area contributed by atoms with Gasteiger partial charge in [-0.05, 0) is 27.2 Å². The second kappa shape index (κ2) is 4.21. The molecule has 0 radical (unpaired) electrons. The van der Waals surface area contributed by atoms with Gasteiger partial charge < -0.3 is 10.6 Å². The van der Waals surface area contributed by atoms with Crippen LogP contribution in [0.25, 0.3) is 0 Å². The minimum Gasteiger partial charge on any atom is -0.334 e. The average molecular weight is 216 g/mol. The molecule has 0 aromatic heterocycles. The van der Waals surface area contributed by atoms with Crippen molar-refractivity contribution >= 4 is 22.9 Å². The molecule has 0 bridgehead atoms. The van der Waals surface area contributed by atoms with Crippen LogP contribution in [0.3, 0.4) is 0 Å². The highest BCUT2D eigenvalue weighted by atomic mass is 32.2. The summed E-state index contributed by atoms with van der Waals surface area (Å²) in [6.45, 7) is 5.70. The summed E-state index contributed by atoms with van der Waals surface area (Å²) in [5.74, 6) is 0.805. The monoisotopic (exact) mass is 216 g/mol. The molecule has 1 aliphatic heterocycles. The Hall–Kier alpha value is -0.710. The molecular formula is C9H16N2O2S. The Bertz CT molecular complexity index is 248. The van der Waals surface area contributed by atoms with Gasteiger partial charge in [0.05, 0.1) is 0 Å². The average Bonchev–Trinajstić information content (AvgIpc) is 2.32. The molecule has 0 saturated carbocycles. The first-order valence-corrected chi connectivity index (χ1v) is 5.62. The summed E-state index contributed by atoms with van der Waals surface area (Å²) in [7, 11) is 0. The molecule has 1 atom stereocenters. The summed E-state index contributed by atoms with van der Waals surface area (Å²) in [5, 5.41) is 5.48. The number of hydrogen-bond acceptors (Lipinski definition) is 3. The molecular weight excluding hydrogens is 200 g/mol. The fraction of sp³-hybridized carbons (Fsp3) is 0.778. The highest BCUT2D eigenvalue weighted by Gasteiger charge is 2.27. The van der Waals surface area contributed by atoms with Gasteiger partial charge in [-0.2, -0.15) is 0 Å². The molecule has 0 aromatic rings. The number of hydrogen-bond donors (Lipinski definition) is 2. The van der Waals surface area contributed by atoms with Crippen LogP contribution in [-0.2, 0) is 4.79 Å². The van der Waals surface area contributed by atoms with E-state index in [1.165, 1.54) is 11.8 Å². The van der Waals surface area contributed by atoms with Crippen molar-refractivity contribution in [2.45, 2.75) is 38.8 Å². The van der Waals surface area contributed by atoms with Crippen molar-refractivity contribution in [2.75, 3.05) is 5.75 Å². The third kappa shape index (κ3) is 3.57. The lowest BCUT2D eigenvalue weighted by Crippen LogP contribution is -2.50. The van der Waals surface area contributed by atoms with Crippen LogP contribution < -0.4 is 10.6 Å². The number of carbonyl (C=O) groups is 2. The van der Waals surface area contributed by atoms with Crippen LogP contribution in [-0.4, -0.2) is 28.5 Å². The lowest BCUT2D eigenvalue weighted by Gasteiger charge is -2.22. The molecule has 0 aliphatic carbocycles. The Labute approximate surface area is 88.2 Å². The number of urea groups is 1. The lowest BCUT2D eigenvalue weighted by atomic mass is 10.1. The van der Waals surface area contributed by atoms with Gasteiger partial charge in [-0.15, -0.1) is 0 Å². The van der Waals surface area contributed by atoms with E-state index in [0.717, 1.165) is 12.2 Å². The van der Waals surface area contributed by atoms with Gasteiger partial charge >= 0.3 is 6.03 Å². The van der Waals surface area contributed by atoms with Crippen LogP contribution in [0.1, 0.15) is 27.2 Å². The molecule has 1 rings (SSSR count). The van der Waals surface area contributed by atoms with E-state index >= 15 is 0 Å². The zero-order chi connectivity index (χ0) is 10.8. The molecule has 80 valence electrons. The largest absolute Gasteiger partial charge is 0.334 e. The Morgan fingerprint density at radius 1 is 1.50 bits per heavy atom. The van der Waals surface area contributed by atoms with Crippen molar-refractivity contribution in [3.63, 3.8) is 0 Å². The molecule has 2 N–H and O–H groups in total. The van der Waals surface area contributed by atoms with E-state index in [9.17, 15) is 9.59 Å². The van der Waals surface area contributed by atoms with Crippen molar-refractivity contribution < 1.29 is 9.59 Å². The van der Waals surface area contributed by atoms with Crippen LogP contribution >= 0.6 is 11.8 Å². The predicted octanol–water partition coefficient (Wildman–Crippen LogP) is 1.12. The second-order valence-electron chi connectivity index (χ2n) is 4.36. The number of amides is 2. The van der Waals surface area contributed by atoms with Gasteiger partial charge in [0, 0.05) is 11.3 Å². The SMILES string of the molecule is CC(C)(C)NC(=O)N[C@@H]1CCSC1=O. The molecule has 1 heterocycles. The first-order valence-electron chi connectivity index (χ1n) is 4.64. The van der Waals surface area contributed by atoms with E-state index in [1.54, 1.807) is 0 Å². The molecule has 0 aromatic carbocycles. The van der Waals surface area contributed by atoms with E-state index in [0.29, 0.717) is 0 Å². The predicted molar refractivity (Wildman–Crippen MR) is 57.3 cm³/mol. The molecule has 14 heavy (non-hydrogen) atoms. The molecule has 0 unspecified atom stereocenters. The minimum absolute atomic E-state index is 0.0639. The summed E-state index contributed by atoms with van der Waals surface area (Å²) in [5.41, 5.74) is -0.265. The Balaban J connectivity index is 2.37. The lowest BCUT2D eigenvalue weighted by molar-refractivity contribution is -0.112. The maximum absolute atomic E-state index is 11.4. The fourth-order valence-corrected chi connectivity index (χ4v) is 2.09. The summed E-state index contributed by atoms with van der Waals surface area (Å²) < 4.78 is 0. The summed E-state index contributed by atoms with van der Waals surface area (Å²) in [4.78, 5) is 22.6. The Kier molecular flexibility index (Phi) is 3.42. The zero-order valence-corrected chi connectivity index (χ0v) is 9.53. The zero-order valence-electron chi connectivity index (χ0n) is 8.72. The van der Waals surface area contributed by atoms with Crippen LogP contribution in [0.5, 0.6) is 0 Å². The standard InChI is InChI=1S/C9H16N2O2S/c1-9(2,3)11-8(13)10-6-4-5-14-7(6)12/h6H,4-5H2,1-3H3,(H2,10,11,13)/t6-/m1/s1. The summed E-state index contributed by atoms with van der Waals surface area (Å²) in [6, 6.07) is -0.569. The van der Waals surface area contributed by atoms with Crippen molar-refractivity contribution in [3.8, 4) is 0 Å². The van der Waals surface area contributed by atoms with Gasteiger partial charge in [0.25, 0.3) is 0 Å². The van der Waals surface area contributed by atoms with E-state index in [4.69, 9.17) is 0 Å². The van der Waals surface area contributed by atoms with Gasteiger partial charge in [-0.3, -0.25) is 4.79 Å². The topological polar surface area (TPSA) is 58.2 Å². The molecule has 5 heteroatoms. The number of nitrogens with one attached hydrogen (secondary N) is 2. The van der Waals surface area contributed by atoms with E-state index in [2.05, 4.69) is 10.6 Å². The second-order valence-corrected chi connectivity index (χ2v) is 5.46. The third-order valence-corrected chi connectivity index (χ3v) is 2.74. The van der Waals surface area contributed by atoms with Crippen LogP contribution in [0.4, 0.5) is 4.79 Å². The maximum Gasteiger partial charge on any atom is 0.315 e. The van der Waals surface area contributed by atoms with Gasteiger partial charge in [0.2, 0.25) is 5.12 Å². The molecule has 1 aliphatic rings. The quantitative estimate of drug-likeness (QED) is 0.690. The molecule has 1 fully saturated rings. The van der Waals surface area contributed by atoms with Crippen LogP contribution in [0.15, 0.2) is 0 Å². The Morgan fingerprint density at radius 3 is 2.57 bits per heavy atom. The number of rotatable bonds is 1.